The van der Waals surface area contributed by atoms with Crippen LogP contribution in [0.15, 0.2) is 36.4 Å². The molecule has 4 rings (SSSR count). The first-order valence-electron chi connectivity index (χ1n) is 10.7. The Morgan fingerprint density at radius 1 is 1.03 bits per heavy atom. The maximum Gasteiger partial charge on any atom is 0.341 e. The van der Waals surface area contributed by atoms with Crippen LogP contribution in [0.1, 0.15) is 43.6 Å². The molecule has 9 heteroatoms. The van der Waals surface area contributed by atoms with Crippen LogP contribution in [0.4, 0.5) is 5.00 Å². The van der Waals surface area contributed by atoms with Crippen LogP contribution >= 0.6 is 11.3 Å². The fraction of sp³-hybridized carbons (Fsp3) is 0.280. The first-order valence-corrected chi connectivity index (χ1v) is 11.5. The number of thiophene rings is 1. The summed E-state index contributed by atoms with van der Waals surface area (Å²) < 4.78 is 26.9. The van der Waals surface area contributed by atoms with E-state index in [9.17, 15) is 9.59 Å². The van der Waals surface area contributed by atoms with Crippen LogP contribution in [0.5, 0.6) is 23.0 Å². The number of hydrogen-bond donors (Lipinski definition) is 1. The number of rotatable bonds is 8. The van der Waals surface area contributed by atoms with Gasteiger partial charge in [0.15, 0.2) is 11.5 Å². The van der Waals surface area contributed by atoms with Gasteiger partial charge in [0.05, 0.1) is 26.4 Å². The standard InChI is InChI=1S/C25H25NO7S/c1-5-31-25(28)21-14(2)20(12-15-9-10-16-19(11-15)33-13-32-16)34-24(21)26-23(27)22-17(29-3)7-6-8-18(22)30-4/h6-11H,5,12-13H2,1-4H3,(H,26,27). The number of amides is 1. The summed E-state index contributed by atoms with van der Waals surface area (Å²) in [5, 5.41) is 3.29. The van der Waals surface area contributed by atoms with Crippen molar-refractivity contribution in [3.63, 3.8) is 0 Å². The monoisotopic (exact) mass is 483 g/mol. The predicted octanol–water partition coefficient (Wildman–Crippen LogP) is 4.82. The lowest BCUT2D eigenvalue weighted by atomic mass is 10.1. The lowest BCUT2D eigenvalue weighted by Crippen LogP contribution is -2.16. The van der Waals surface area contributed by atoms with E-state index >= 15 is 0 Å². The van der Waals surface area contributed by atoms with Gasteiger partial charge in [-0.15, -0.1) is 11.3 Å². The van der Waals surface area contributed by atoms with Crippen molar-refractivity contribution in [1.29, 1.82) is 0 Å². The lowest BCUT2D eigenvalue weighted by Gasteiger charge is -2.13. The minimum absolute atomic E-state index is 0.201. The molecule has 1 aromatic heterocycles. The van der Waals surface area contributed by atoms with Crippen molar-refractivity contribution in [2.45, 2.75) is 20.3 Å². The average molecular weight is 484 g/mol. The van der Waals surface area contributed by atoms with Crippen molar-refractivity contribution >= 4 is 28.2 Å². The van der Waals surface area contributed by atoms with E-state index < -0.39 is 11.9 Å². The van der Waals surface area contributed by atoms with E-state index in [1.54, 1.807) is 25.1 Å². The van der Waals surface area contributed by atoms with Gasteiger partial charge in [0.2, 0.25) is 6.79 Å². The number of anilines is 1. The Bertz CT molecular complexity index is 1210. The Balaban J connectivity index is 1.69. The molecule has 3 aromatic rings. The molecule has 1 aliphatic heterocycles. The van der Waals surface area contributed by atoms with E-state index in [2.05, 4.69) is 5.32 Å². The van der Waals surface area contributed by atoms with Gasteiger partial charge in [-0.25, -0.2) is 4.79 Å². The van der Waals surface area contributed by atoms with Crippen LogP contribution in [0.2, 0.25) is 0 Å². The van der Waals surface area contributed by atoms with Crippen LogP contribution < -0.4 is 24.3 Å². The third kappa shape index (κ3) is 4.51. The highest BCUT2D eigenvalue weighted by molar-refractivity contribution is 7.17. The quantitative estimate of drug-likeness (QED) is 0.459. The van der Waals surface area contributed by atoms with Gasteiger partial charge >= 0.3 is 5.97 Å². The van der Waals surface area contributed by atoms with Crippen LogP contribution in [0, 0.1) is 6.92 Å². The van der Waals surface area contributed by atoms with Crippen molar-refractivity contribution in [2.75, 3.05) is 32.9 Å². The highest BCUT2D eigenvalue weighted by Crippen LogP contribution is 2.39. The van der Waals surface area contributed by atoms with Gasteiger partial charge in [0, 0.05) is 11.3 Å². The Hall–Kier alpha value is -3.72. The van der Waals surface area contributed by atoms with Gasteiger partial charge in [0.1, 0.15) is 22.1 Å². The number of carbonyl (C=O) groups is 2. The second-order valence-electron chi connectivity index (χ2n) is 7.43. The molecule has 0 fully saturated rings. The predicted molar refractivity (Wildman–Crippen MR) is 128 cm³/mol. The minimum Gasteiger partial charge on any atom is -0.496 e. The second kappa shape index (κ2) is 10.0. The van der Waals surface area contributed by atoms with Gasteiger partial charge in [-0.2, -0.15) is 0 Å². The summed E-state index contributed by atoms with van der Waals surface area (Å²) in [4.78, 5) is 27.0. The Morgan fingerprint density at radius 3 is 2.41 bits per heavy atom. The van der Waals surface area contributed by atoms with Crippen molar-refractivity contribution in [3.8, 4) is 23.0 Å². The molecular weight excluding hydrogens is 458 g/mol. The summed E-state index contributed by atoms with van der Waals surface area (Å²) in [5.74, 6) is 1.18. The van der Waals surface area contributed by atoms with Crippen LogP contribution in [-0.4, -0.2) is 39.5 Å². The molecule has 0 bridgehead atoms. The SMILES string of the molecule is CCOC(=O)c1c(NC(=O)c2c(OC)cccc2OC)sc(Cc2ccc3c(c2)OCO3)c1C. The molecular formula is C25H25NO7S. The summed E-state index contributed by atoms with van der Waals surface area (Å²) in [6, 6.07) is 10.8. The first-order chi connectivity index (χ1) is 16.5. The number of benzene rings is 2. The zero-order valence-corrected chi connectivity index (χ0v) is 20.2. The topological polar surface area (TPSA) is 92.3 Å². The van der Waals surface area contributed by atoms with Gasteiger partial charge in [0.25, 0.3) is 5.91 Å². The zero-order valence-electron chi connectivity index (χ0n) is 19.4. The number of ether oxygens (including phenoxy) is 5. The molecule has 2 aromatic carbocycles. The summed E-state index contributed by atoms with van der Waals surface area (Å²) in [6.45, 7) is 4.02. The molecule has 1 N–H and O–H groups in total. The van der Waals surface area contributed by atoms with E-state index in [4.69, 9.17) is 23.7 Å². The highest BCUT2D eigenvalue weighted by Gasteiger charge is 2.26. The first kappa shape index (κ1) is 23.4. The number of methoxy groups -OCH3 is 2. The van der Waals surface area contributed by atoms with Gasteiger partial charge in [-0.3, -0.25) is 4.79 Å². The molecule has 0 saturated heterocycles. The average Bonchev–Trinajstić information content (AvgIpc) is 3.42. The molecule has 8 nitrogen and oxygen atoms in total. The van der Waals surface area contributed by atoms with Crippen molar-refractivity contribution in [2.24, 2.45) is 0 Å². The summed E-state index contributed by atoms with van der Waals surface area (Å²) in [7, 11) is 2.96. The minimum atomic E-state index is -0.490. The molecule has 1 amide bonds. The summed E-state index contributed by atoms with van der Waals surface area (Å²) in [5.41, 5.74) is 2.33. The molecule has 34 heavy (non-hydrogen) atoms. The lowest BCUT2D eigenvalue weighted by molar-refractivity contribution is 0.0527. The summed E-state index contributed by atoms with van der Waals surface area (Å²) >= 11 is 1.33. The Morgan fingerprint density at radius 2 is 1.74 bits per heavy atom. The van der Waals surface area contributed by atoms with Gasteiger partial charge < -0.3 is 29.0 Å². The number of fused-ring (bicyclic) bond motifs is 1. The molecule has 0 spiro atoms. The van der Waals surface area contributed by atoms with Crippen molar-refractivity contribution in [3.05, 3.63) is 63.5 Å². The van der Waals surface area contributed by atoms with Gasteiger partial charge in [-0.05, 0) is 49.2 Å². The fourth-order valence-electron chi connectivity index (χ4n) is 3.74. The van der Waals surface area contributed by atoms with E-state index in [1.807, 2.05) is 25.1 Å². The van der Waals surface area contributed by atoms with E-state index in [1.165, 1.54) is 25.6 Å². The normalized spacial score (nSPS) is 11.8. The molecule has 1 aliphatic rings. The third-order valence-corrected chi connectivity index (χ3v) is 6.62. The highest BCUT2D eigenvalue weighted by atomic mass is 32.1. The second-order valence-corrected chi connectivity index (χ2v) is 8.54. The smallest absolute Gasteiger partial charge is 0.341 e. The van der Waals surface area contributed by atoms with Crippen LogP contribution in [-0.2, 0) is 11.2 Å². The van der Waals surface area contributed by atoms with E-state index in [0.29, 0.717) is 40.0 Å². The zero-order chi connectivity index (χ0) is 24.2. The van der Waals surface area contributed by atoms with Crippen LogP contribution in [0.3, 0.4) is 0 Å². The molecule has 0 unspecified atom stereocenters. The maximum absolute atomic E-state index is 13.3. The Kier molecular flexibility index (Phi) is 6.93. The largest absolute Gasteiger partial charge is 0.496 e. The van der Waals surface area contributed by atoms with Gasteiger partial charge in [-0.1, -0.05) is 12.1 Å². The fourth-order valence-corrected chi connectivity index (χ4v) is 4.97. The molecule has 2 heterocycles. The number of carbonyl (C=O) groups excluding carboxylic acids is 2. The molecule has 0 saturated carbocycles. The van der Waals surface area contributed by atoms with E-state index in [0.717, 1.165) is 16.0 Å². The number of esters is 1. The summed E-state index contributed by atoms with van der Waals surface area (Å²) in [6.07, 6.45) is 0.549. The van der Waals surface area contributed by atoms with E-state index in [-0.39, 0.29) is 19.0 Å². The third-order valence-electron chi connectivity index (χ3n) is 5.41. The van der Waals surface area contributed by atoms with Crippen molar-refractivity contribution in [1.82, 2.24) is 0 Å². The van der Waals surface area contributed by atoms with Crippen molar-refractivity contribution < 1.29 is 33.3 Å². The molecule has 0 radical (unpaired) electrons. The van der Waals surface area contributed by atoms with Crippen LogP contribution in [0.25, 0.3) is 0 Å². The molecule has 178 valence electrons. The molecule has 0 aliphatic carbocycles. The number of hydrogen-bond acceptors (Lipinski definition) is 8. The Labute approximate surface area is 201 Å². The molecule has 0 atom stereocenters. The number of nitrogens with one attached hydrogen (secondary N) is 1. The maximum atomic E-state index is 13.3.